The number of hydrogen-bond donors (Lipinski definition) is 0. The van der Waals surface area contributed by atoms with Crippen LogP contribution in [0.5, 0.6) is 0 Å². The molecule has 5 heteroatoms. The Morgan fingerprint density at radius 1 is 1.11 bits per heavy atom. The van der Waals surface area contributed by atoms with Crippen LogP contribution in [0.25, 0.3) is 16.9 Å². The van der Waals surface area contributed by atoms with Crippen molar-refractivity contribution in [2.24, 2.45) is 0 Å². The van der Waals surface area contributed by atoms with E-state index in [0.29, 0.717) is 16.9 Å². The van der Waals surface area contributed by atoms with Crippen molar-refractivity contribution in [2.75, 3.05) is 0 Å². The molecule has 1 aromatic carbocycles. The van der Waals surface area contributed by atoms with Gasteiger partial charge in [-0.2, -0.15) is 5.10 Å². The van der Waals surface area contributed by atoms with E-state index in [1.807, 2.05) is 0 Å². The van der Waals surface area contributed by atoms with Crippen molar-refractivity contribution in [3.8, 4) is 16.9 Å². The molecule has 0 N–H and O–H groups in total. The first kappa shape index (κ1) is 10.6. The Bertz CT molecular complexity index is 664. The van der Waals surface area contributed by atoms with Gasteiger partial charge in [0.15, 0.2) is 5.82 Å². The van der Waals surface area contributed by atoms with Gasteiger partial charge in [0.1, 0.15) is 12.1 Å². The van der Waals surface area contributed by atoms with Crippen LogP contribution in [-0.4, -0.2) is 19.7 Å². The fraction of sp³-hybridized carbons (Fsp3) is 0. The lowest BCUT2D eigenvalue weighted by atomic mass is 10.1. The number of hydrogen-bond acceptors (Lipinski definition) is 3. The summed E-state index contributed by atoms with van der Waals surface area (Å²) in [6.07, 6.45) is 6.42. The average Bonchev–Trinajstić information content (AvgIpc) is 2.90. The van der Waals surface area contributed by atoms with E-state index in [2.05, 4.69) is 15.1 Å². The predicted molar refractivity (Wildman–Crippen MR) is 64.5 cm³/mol. The molecule has 0 fully saturated rings. The molecule has 0 radical (unpaired) electrons. The van der Waals surface area contributed by atoms with E-state index in [4.69, 9.17) is 0 Å². The predicted octanol–water partition coefficient (Wildman–Crippen LogP) is 2.47. The molecule has 0 aliphatic carbocycles. The second-order valence-corrected chi connectivity index (χ2v) is 3.72. The largest absolute Gasteiger partial charge is 0.245 e. The van der Waals surface area contributed by atoms with Crippen molar-refractivity contribution in [1.82, 2.24) is 19.7 Å². The monoisotopic (exact) mass is 240 g/mol. The summed E-state index contributed by atoms with van der Waals surface area (Å²) in [4.78, 5) is 7.91. The summed E-state index contributed by atoms with van der Waals surface area (Å²) in [6.45, 7) is 0. The highest BCUT2D eigenvalue weighted by atomic mass is 19.1. The summed E-state index contributed by atoms with van der Waals surface area (Å²) in [5.74, 6) is 0.382. The molecule has 3 aromatic rings. The molecule has 18 heavy (non-hydrogen) atoms. The lowest BCUT2D eigenvalue weighted by molar-refractivity contribution is 0.631. The zero-order chi connectivity index (χ0) is 12.4. The smallest absolute Gasteiger partial charge is 0.156 e. The minimum Gasteiger partial charge on any atom is -0.245 e. The Hall–Kier alpha value is -2.56. The third-order valence-corrected chi connectivity index (χ3v) is 2.57. The maximum absolute atomic E-state index is 13.6. The van der Waals surface area contributed by atoms with Crippen LogP contribution in [0.1, 0.15) is 0 Å². The van der Waals surface area contributed by atoms with Crippen molar-refractivity contribution < 1.29 is 4.39 Å². The molecule has 0 bridgehead atoms. The molecule has 0 amide bonds. The number of aromatic nitrogens is 4. The fourth-order valence-corrected chi connectivity index (χ4v) is 1.70. The first-order valence-electron chi connectivity index (χ1n) is 5.40. The van der Waals surface area contributed by atoms with Crippen LogP contribution in [0.4, 0.5) is 4.39 Å². The van der Waals surface area contributed by atoms with E-state index < -0.39 is 0 Å². The summed E-state index contributed by atoms with van der Waals surface area (Å²) < 4.78 is 15.2. The van der Waals surface area contributed by atoms with E-state index in [1.165, 1.54) is 12.4 Å². The molecule has 0 saturated heterocycles. The number of nitrogens with zero attached hydrogens (tertiary/aromatic N) is 4. The number of rotatable bonds is 2. The molecule has 0 atom stereocenters. The van der Waals surface area contributed by atoms with Gasteiger partial charge in [0.25, 0.3) is 0 Å². The molecule has 0 saturated carbocycles. The van der Waals surface area contributed by atoms with Crippen molar-refractivity contribution in [2.45, 2.75) is 0 Å². The molecule has 0 unspecified atom stereocenters. The zero-order valence-electron chi connectivity index (χ0n) is 9.36. The molecule has 3 rings (SSSR count). The van der Waals surface area contributed by atoms with Crippen molar-refractivity contribution in [3.05, 3.63) is 61.1 Å². The average molecular weight is 240 g/mol. The quantitative estimate of drug-likeness (QED) is 0.691. The molecule has 2 aromatic heterocycles. The SMILES string of the molecule is Fc1ccccc1-c1cnn(-c2ccncn2)c1. The van der Waals surface area contributed by atoms with Crippen LogP contribution in [-0.2, 0) is 0 Å². The Labute approximate surface area is 103 Å². The highest BCUT2D eigenvalue weighted by molar-refractivity contribution is 5.62. The Balaban J connectivity index is 2.03. The maximum atomic E-state index is 13.6. The van der Waals surface area contributed by atoms with E-state index in [0.717, 1.165) is 0 Å². The van der Waals surface area contributed by atoms with Crippen LogP contribution in [0.15, 0.2) is 55.2 Å². The summed E-state index contributed by atoms with van der Waals surface area (Å²) in [5, 5.41) is 4.16. The Morgan fingerprint density at radius 3 is 2.78 bits per heavy atom. The third-order valence-electron chi connectivity index (χ3n) is 2.57. The summed E-state index contributed by atoms with van der Waals surface area (Å²) in [7, 11) is 0. The lowest BCUT2D eigenvalue weighted by Gasteiger charge is -1.99. The zero-order valence-corrected chi connectivity index (χ0v) is 9.36. The van der Waals surface area contributed by atoms with E-state index in [1.54, 1.807) is 47.5 Å². The topological polar surface area (TPSA) is 43.6 Å². The first-order valence-corrected chi connectivity index (χ1v) is 5.40. The van der Waals surface area contributed by atoms with Crippen LogP contribution in [0, 0.1) is 5.82 Å². The summed E-state index contributed by atoms with van der Waals surface area (Å²) in [5.41, 5.74) is 1.24. The maximum Gasteiger partial charge on any atom is 0.156 e. The van der Waals surface area contributed by atoms with Gasteiger partial charge in [-0.05, 0) is 6.07 Å². The van der Waals surface area contributed by atoms with Gasteiger partial charge >= 0.3 is 0 Å². The third kappa shape index (κ3) is 1.86. The summed E-state index contributed by atoms with van der Waals surface area (Å²) >= 11 is 0. The highest BCUT2D eigenvalue weighted by Crippen LogP contribution is 2.22. The van der Waals surface area contributed by atoms with Crippen molar-refractivity contribution in [3.63, 3.8) is 0 Å². The normalized spacial score (nSPS) is 10.5. The van der Waals surface area contributed by atoms with Crippen molar-refractivity contribution >= 4 is 0 Å². The number of halogens is 1. The fourth-order valence-electron chi connectivity index (χ4n) is 1.70. The molecule has 88 valence electrons. The molecule has 0 aliphatic heterocycles. The molecule has 2 heterocycles. The highest BCUT2D eigenvalue weighted by Gasteiger charge is 2.07. The minimum atomic E-state index is -0.264. The molecule has 0 aliphatic rings. The van der Waals surface area contributed by atoms with Gasteiger partial charge in [-0.15, -0.1) is 0 Å². The first-order chi connectivity index (χ1) is 8.84. The summed E-state index contributed by atoms with van der Waals surface area (Å²) in [6, 6.07) is 8.33. The Kier molecular flexibility index (Phi) is 2.57. The molecular weight excluding hydrogens is 231 g/mol. The van der Waals surface area contributed by atoms with Crippen LogP contribution >= 0.6 is 0 Å². The van der Waals surface area contributed by atoms with Gasteiger partial charge in [0.2, 0.25) is 0 Å². The van der Waals surface area contributed by atoms with Crippen LogP contribution < -0.4 is 0 Å². The second kappa shape index (κ2) is 4.37. The molecule has 0 spiro atoms. The van der Waals surface area contributed by atoms with Gasteiger partial charge < -0.3 is 0 Å². The Morgan fingerprint density at radius 2 is 2.00 bits per heavy atom. The van der Waals surface area contributed by atoms with Crippen LogP contribution in [0.3, 0.4) is 0 Å². The van der Waals surface area contributed by atoms with Crippen LogP contribution in [0.2, 0.25) is 0 Å². The molecular formula is C13H9FN4. The standard InChI is InChI=1S/C13H9FN4/c14-12-4-2-1-3-11(12)10-7-17-18(8-10)13-5-6-15-9-16-13/h1-9H. The van der Waals surface area contributed by atoms with Gasteiger partial charge in [-0.3, -0.25) is 0 Å². The van der Waals surface area contributed by atoms with E-state index in [-0.39, 0.29) is 5.82 Å². The van der Waals surface area contributed by atoms with Crippen molar-refractivity contribution in [1.29, 1.82) is 0 Å². The van der Waals surface area contributed by atoms with Gasteiger partial charge in [-0.25, -0.2) is 19.0 Å². The van der Waals surface area contributed by atoms with E-state index in [9.17, 15) is 4.39 Å². The van der Waals surface area contributed by atoms with Gasteiger partial charge in [0.05, 0.1) is 6.20 Å². The minimum absolute atomic E-state index is 0.264. The number of benzene rings is 1. The van der Waals surface area contributed by atoms with Gasteiger partial charge in [0, 0.05) is 29.6 Å². The lowest BCUT2D eigenvalue weighted by Crippen LogP contribution is -1.96. The van der Waals surface area contributed by atoms with Gasteiger partial charge in [-0.1, -0.05) is 18.2 Å². The molecule has 4 nitrogen and oxygen atoms in total. The second-order valence-electron chi connectivity index (χ2n) is 3.72. The van der Waals surface area contributed by atoms with E-state index >= 15 is 0 Å².